The van der Waals surface area contributed by atoms with E-state index in [-0.39, 0.29) is 75.5 Å². The number of anilines is 1. The molecule has 0 spiro atoms. The molecule has 50 heavy (non-hydrogen) atoms. The second-order valence-electron chi connectivity index (χ2n) is 13.8. The van der Waals surface area contributed by atoms with Gasteiger partial charge in [-0.2, -0.15) is 9.97 Å². The second-order valence-corrected chi connectivity index (χ2v) is 14.3. The van der Waals surface area contributed by atoms with Gasteiger partial charge < -0.3 is 24.8 Å². The van der Waals surface area contributed by atoms with Gasteiger partial charge in [0.2, 0.25) is 0 Å². The number of halogens is 4. The average Bonchev–Trinajstić information content (AvgIpc) is 3.74. The fraction of sp³-hybridized carbons (Fsp3) is 0.432. The predicted octanol–water partition coefficient (Wildman–Crippen LogP) is 5.93. The van der Waals surface area contributed by atoms with Gasteiger partial charge in [-0.15, -0.1) is 6.42 Å². The maximum absolute atomic E-state index is 17.3. The predicted molar refractivity (Wildman–Crippen MR) is 186 cm³/mol. The zero-order chi connectivity index (χ0) is 34.7. The Kier molecular flexibility index (Phi) is 8.50. The van der Waals surface area contributed by atoms with Gasteiger partial charge >= 0.3 is 6.01 Å². The highest BCUT2D eigenvalue weighted by Crippen LogP contribution is 2.43. The Morgan fingerprint density at radius 1 is 1.16 bits per heavy atom. The number of rotatable bonds is 8. The molecule has 2 bridgehead atoms. The van der Waals surface area contributed by atoms with E-state index < -0.39 is 23.3 Å². The molecule has 2 aromatic carbocycles. The maximum Gasteiger partial charge on any atom is 0.319 e. The molecule has 2 unspecified atom stereocenters. The number of nitrogens with one attached hydrogen (secondary N) is 1. The molecule has 4 saturated heterocycles. The lowest BCUT2D eigenvalue weighted by atomic mass is 9.95. The van der Waals surface area contributed by atoms with Crippen LogP contribution in [0.15, 0.2) is 29.3 Å². The lowest BCUT2D eigenvalue weighted by Gasteiger charge is -2.35. The van der Waals surface area contributed by atoms with Crippen molar-refractivity contribution in [3.63, 3.8) is 0 Å². The first-order chi connectivity index (χ1) is 24.2. The minimum absolute atomic E-state index is 0.0491. The Balaban J connectivity index is 1.37. The van der Waals surface area contributed by atoms with Crippen LogP contribution in [0.2, 0.25) is 0 Å². The quantitative estimate of drug-likeness (QED) is 0.217. The normalized spacial score (nSPS) is 25.1. The summed E-state index contributed by atoms with van der Waals surface area (Å²) < 4.78 is 58.6. The summed E-state index contributed by atoms with van der Waals surface area (Å²) >= 11 is 6.62. The van der Waals surface area contributed by atoms with Crippen LogP contribution in [-0.4, -0.2) is 95.3 Å². The Labute approximate surface area is 292 Å². The number of nitrogens with zero attached hydrogens (tertiary/aromatic N) is 5. The van der Waals surface area contributed by atoms with Crippen molar-refractivity contribution in [2.75, 3.05) is 51.4 Å². The van der Waals surface area contributed by atoms with Crippen molar-refractivity contribution in [3.8, 4) is 35.4 Å². The molecule has 4 fully saturated rings. The van der Waals surface area contributed by atoms with Crippen LogP contribution in [0.3, 0.4) is 0 Å². The van der Waals surface area contributed by atoms with Gasteiger partial charge in [-0.1, -0.05) is 23.6 Å². The minimum Gasteiger partial charge on any atom is -0.508 e. The third-order valence-electron chi connectivity index (χ3n) is 10.5. The molecule has 2 N–H and O–H groups in total. The number of phenolic OH excluding ortho intramolecular Hbond substituents is 1. The van der Waals surface area contributed by atoms with Crippen molar-refractivity contribution in [1.82, 2.24) is 25.2 Å². The van der Waals surface area contributed by atoms with E-state index in [4.69, 9.17) is 37.5 Å². The van der Waals surface area contributed by atoms with Crippen LogP contribution in [0.1, 0.15) is 43.4 Å². The molecule has 13 heteroatoms. The molecule has 4 aliphatic rings. The first kappa shape index (κ1) is 33.0. The zero-order valence-electron chi connectivity index (χ0n) is 27.5. The fourth-order valence-corrected chi connectivity index (χ4v) is 8.65. The van der Waals surface area contributed by atoms with Crippen LogP contribution in [0.4, 0.5) is 19.0 Å². The van der Waals surface area contributed by atoms with E-state index in [0.717, 1.165) is 32.2 Å². The van der Waals surface area contributed by atoms with E-state index >= 15 is 8.78 Å². The summed E-state index contributed by atoms with van der Waals surface area (Å²) in [7, 11) is 1.50. The molecular weight excluding hydrogens is 669 g/mol. The standard InChI is InChI=1S/C37H36ClF3N6O3/c1-3-26-28(40)8-5-20-11-25(48)13-27(30(20)26)33-32(41)34-31(29(43-33)12-21(38)18-49-2)35(46-16-23-6-7-24(17-46)42-23)45-36(44-34)50-19-37-9-4-10-47(37)15-22(39)14-37/h1,5,8,11-13,22-24,42,48H,4,6-7,9-10,14-19H2,2H3/b21-12-/t22-,23?,24?,37+/m1/s1. The van der Waals surface area contributed by atoms with Crippen LogP contribution in [0.25, 0.3) is 39.0 Å². The number of terminal acetylenes is 1. The zero-order valence-corrected chi connectivity index (χ0v) is 28.2. The Hall–Kier alpha value is -4.15. The summed E-state index contributed by atoms with van der Waals surface area (Å²) in [6.07, 6.45) is 10.4. The number of aromatic hydroxyl groups is 1. The Morgan fingerprint density at radius 3 is 2.72 bits per heavy atom. The van der Waals surface area contributed by atoms with E-state index in [1.165, 1.54) is 31.4 Å². The molecule has 9 nitrogen and oxygen atoms in total. The van der Waals surface area contributed by atoms with Crippen molar-refractivity contribution in [3.05, 3.63) is 52.2 Å². The van der Waals surface area contributed by atoms with Gasteiger partial charge in [0.05, 0.1) is 28.8 Å². The summed E-state index contributed by atoms with van der Waals surface area (Å²) in [6, 6.07) is 5.79. The van der Waals surface area contributed by atoms with Crippen molar-refractivity contribution < 1.29 is 27.8 Å². The van der Waals surface area contributed by atoms with Crippen molar-refractivity contribution in [2.24, 2.45) is 0 Å². The summed E-state index contributed by atoms with van der Waals surface area (Å²) in [4.78, 5) is 18.6. The highest BCUT2D eigenvalue weighted by molar-refractivity contribution is 6.32. The van der Waals surface area contributed by atoms with Gasteiger partial charge in [0, 0.05) is 61.2 Å². The van der Waals surface area contributed by atoms with Crippen molar-refractivity contribution in [2.45, 2.75) is 55.9 Å². The molecule has 8 rings (SSSR count). The fourth-order valence-electron chi connectivity index (χ4n) is 8.44. The number of piperazine rings is 1. The van der Waals surface area contributed by atoms with Crippen LogP contribution in [-0.2, 0) is 4.74 Å². The number of methoxy groups -OCH3 is 1. The summed E-state index contributed by atoms with van der Waals surface area (Å²) in [5, 5.41) is 15.6. The van der Waals surface area contributed by atoms with E-state index in [0.29, 0.717) is 42.6 Å². The van der Waals surface area contributed by atoms with Gasteiger partial charge in [0.1, 0.15) is 41.4 Å². The average molecular weight is 705 g/mol. The number of pyridine rings is 1. The minimum atomic E-state index is -0.949. The topological polar surface area (TPSA) is 95.9 Å². The smallest absolute Gasteiger partial charge is 0.319 e. The summed E-state index contributed by atoms with van der Waals surface area (Å²) in [6.45, 7) is 2.59. The Morgan fingerprint density at radius 2 is 1.96 bits per heavy atom. The number of fused-ring (bicyclic) bond motifs is 5. The highest BCUT2D eigenvalue weighted by atomic mass is 35.5. The molecular formula is C37H36ClF3N6O3. The van der Waals surface area contributed by atoms with E-state index in [2.05, 4.69) is 26.0 Å². The molecule has 0 aliphatic carbocycles. The lowest BCUT2D eigenvalue weighted by molar-refractivity contribution is 0.107. The SMILES string of the molecule is C#Cc1c(F)ccc2cc(O)cc(-c3nc(/C=C(\Cl)COC)c4c(N5CC6CCC(C5)N6)nc(OC[C@@]56CCCN5C[C@H](F)C6)nc4c3F)c12. The molecule has 4 aromatic rings. The van der Waals surface area contributed by atoms with Crippen LogP contribution in [0.5, 0.6) is 11.8 Å². The van der Waals surface area contributed by atoms with Gasteiger partial charge in [0.25, 0.3) is 0 Å². The van der Waals surface area contributed by atoms with Crippen molar-refractivity contribution in [1.29, 1.82) is 0 Å². The van der Waals surface area contributed by atoms with Crippen LogP contribution in [0, 0.1) is 24.0 Å². The highest BCUT2D eigenvalue weighted by Gasteiger charge is 2.49. The molecule has 0 amide bonds. The lowest BCUT2D eigenvalue weighted by Crippen LogP contribution is -2.51. The number of hydrogen-bond donors (Lipinski definition) is 2. The molecule has 260 valence electrons. The molecule has 4 aliphatic heterocycles. The number of benzene rings is 2. The van der Waals surface area contributed by atoms with Crippen LogP contribution >= 0.6 is 11.6 Å². The van der Waals surface area contributed by atoms with E-state index in [1.807, 2.05) is 0 Å². The third-order valence-corrected chi connectivity index (χ3v) is 10.8. The molecule has 0 radical (unpaired) electrons. The molecule has 2 aromatic heterocycles. The van der Waals surface area contributed by atoms with Gasteiger partial charge in [0.15, 0.2) is 5.82 Å². The first-order valence-electron chi connectivity index (χ1n) is 16.9. The first-order valence-corrected chi connectivity index (χ1v) is 17.3. The second kappa shape index (κ2) is 12.9. The largest absolute Gasteiger partial charge is 0.508 e. The molecule has 4 atom stereocenters. The van der Waals surface area contributed by atoms with E-state index in [1.54, 1.807) is 6.08 Å². The monoisotopic (exact) mass is 704 g/mol. The number of ether oxygens (including phenoxy) is 2. The van der Waals surface area contributed by atoms with Gasteiger partial charge in [-0.05, 0) is 61.9 Å². The summed E-state index contributed by atoms with van der Waals surface area (Å²) in [5.41, 5.74) is -0.572. The number of hydrogen-bond acceptors (Lipinski definition) is 9. The van der Waals surface area contributed by atoms with Crippen LogP contribution < -0.4 is 15.0 Å². The number of phenols is 1. The molecule has 0 saturated carbocycles. The van der Waals surface area contributed by atoms with E-state index in [9.17, 15) is 9.50 Å². The molecule has 6 heterocycles. The number of alkyl halides is 1. The van der Waals surface area contributed by atoms with Gasteiger partial charge in [-0.3, -0.25) is 4.90 Å². The third kappa shape index (κ3) is 5.70. The number of aromatic nitrogens is 3. The van der Waals surface area contributed by atoms with Gasteiger partial charge in [-0.25, -0.2) is 18.2 Å². The summed E-state index contributed by atoms with van der Waals surface area (Å²) in [5.74, 6) is 1.11. The maximum atomic E-state index is 17.3. The Bertz CT molecular complexity index is 2080. The van der Waals surface area contributed by atoms with Crippen molar-refractivity contribution >= 4 is 45.2 Å².